The first-order valence-corrected chi connectivity index (χ1v) is 8.43. The molecule has 112 valence electrons. The maximum Gasteiger partial charge on any atom is 0.224 e. The predicted octanol–water partition coefficient (Wildman–Crippen LogP) is 4.16. The van der Waals surface area contributed by atoms with Crippen molar-refractivity contribution in [1.82, 2.24) is 9.97 Å². The monoisotopic (exact) mass is 387 g/mol. The second kappa shape index (κ2) is 6.59. The highest BCUT2D eigenvalue weighted by atomic mass is 79.9. The lowest BCUT2D eigenvalue weighted by Gasteiger charge is -2.17. The van der Waals surface area contributed by atoms with Crippen LogP contribution in [-0.4, -0.2) is 16.0 Å². The highest BCUT2D eigenvalue weighted by Crippen LogP contribution is 2.22. The largest absolute Gasteiger partial charge is 0.280 e. The number of aromatic nitrogens is 2. The molecule has 1 aliphatic rings. The normalized spacial score (nSPS) is 20.0. The molecule has 0 saturated carbocycles. The summed E-state index contributed by atoms with van der Waals surface area (Å²) in [6.45, 7) is 8.23. The highest BCUT2D eigenvalue weighted by molar-refractivity contribution is 9.10. The maximum atomic E-state index is 6.22. The average molecular weight is 389 g/mol. The lowest BCUT2D eigenvalue weighted by atomic mass is 9.98. The van der Waals surface area contributed by atoms with Crippen LogP contribution in [0.15, 0.2) is 15.5 Å². The average Bonchev–Trinajstić information content (AvgIpc) is 2.42. The Balaban J connectivity index is 0.000000774. The first kappa shape index (κ1) is 16.7. The molecule has 2 atom stereocenters. The third-order valence-corrected chi connectivity index (χ3v) is 4.45. The van der Waals surface area contributed by atoms with Gasteiger partial charge in [-0.3, -0.25) is 4.99 Å². The Hall–Kier alpha value is -0.710. The zero-order valence-corrected chi connectivity index (χ0v) is 15.4. The van der Waals surface area contributed by atoms with Gasteiger partial charge in [-0.05, 0) is 46.4 Å². The highest BCUT2D eigenvalue weighted by Gasteiger charge is 2.17. The number of nitrogens with zero attached hydrogens (tertiary/aromatic N) is 3. The first-order chi connectivity index (χ1) is 9.97. The van der Waals surface area contributed by atoms with Gasteiger partial charge in [-0.15, -0.1) is 0 Å². The molecule has 2 unspecified atom stereocenters. The zero-order chi connectivity index (χ0) is 15.7. The molecule has 1 aliphatic heterocycles. The van der Waals surface area contributed by atoms with E-state index in [0.717, 1.165) is 26.0 Å². The first-order valence-electron chi connectivity index (χ1n) is 6.88. The molecule has 1 aromatic carbocycles. The third kappa shape index (κ3) is 3.08. The number of hydrogen-bond donors (Lipinski definition) is 0. The summed E-state index contributed by atoms with van der Waals surface area (Å²) in [6.07, 6.45) is 2.17. The molecule has 0 fully saturated rings. The summed E-state index contributed by atoms with van der Waals surface area (Å²) in [5, 5.41) is 3.22. The van der Waals surface area contributed by atoms with Gasteiger partial charge in [0.1, 0.15) is 5.15 Å². The molecular formula is C15H16BrCl2N3. The van der Waals surface area contributed by atoms with E-state index in [0.29, 0.717) is 11.1 Å². The molecule has 0 saturated heterocycles. The van der Waals surface area contributed by atoms with E-state index in [1.807, 2.05) is 19.9 Å². The number of fused-ring (bicyclic) bond motifs is 3. The SMILES string of the molecule is CC.CC1C=c2c(c(Br)cc3nc(Cl)nc(Cl)c23)=NC1C. The molecule has 21 heavy (non-hydrogen) atoms. The summed E-state index contributed by atoms with van der Waals surface area (Å²) in [5.41, 5.74) is 0.726. The van der Waals surface area contributed by atoms with Crippen LogP contribution < -0.4 is 10.6 Å². The topological polar surface area (TPSA) is 38.1 Å². The van der Waals surface area contributed by atoms with Crippen molar-refractivity contribution < 1.29 is 0 Å². The molecular weight excluding hydrogens is 373 g/mol. The molecule has 3 nitrogen and oxygen atoms in total. The molecule has 0 amide bonds. The summed E-state index contributed by atoms with van der Waals surface area (Å²) in [5.74, 6) is 0.344. The Morgan fingerprint density at radius 2 is 1.81 bits per heavy atom. The van der Waals surface area contributed by atoms with Gasteiger partial charge in [0.25, 0.3) is 0 Å². The van der Waals surface area contributed by atoms with Crippen LogP contribution in [0.3, 0.4) is 0 Å². The van der Waals surface area contributed by atoms with Crippen molar-refractivity contribution in [3.05, 3.63) is 31.6 Å². The van der Waals surface area contributed by atoms with Crippen molar-refractivity contribution in [3.63, 3.8) is 0 Å². The summed E-state index contributed by atoms with van der Waals surface area (Å²) in [7, 11) is 0. The van der Waals surface area contributed by atoms with Gasteiger partial charge in [0, 0.05) is 15.1 Å². The van der Waals surface area contributed by atoms with Crippen LogP contribution in [0.4, 0.5) is 0 Å². The molecule has 0 bridgehead atoms. The van der Waals surface area contributed by atoms with Gasteiger partial charge in [-0.1, -0.05) is 38.4 Å². The van der Waals surface area contributed by atoms with Gasteiger partial charge in [-0.25, -0.2) is 9.97 Å². The number of hydrogen-bond acceptors (Lipinski definition) is 3. The van der Waals surface area contributed by atoms with Gasteiger partial charge in [-0.2, -0.15) is 0 Å². The van der Waals surface area contributed by atoms with Gasteiger partial charge in [0.15, 0.2) is 0 Å². The van der Waals surface area contributed by atoms with Crippen molar-refractivity contribution >= 4 is 56.1 Å². The second-order valence-corrected chi connectivity index (χ2v) is 6.24. The Morgan fingerprint density at radius 1 is 1.14 bits per heavy atom. The van der Waals surface area contributed by atoms with Crippen molar-refractivity contribution in [2.24, 2.45) is 10.9 Å². The van der Waals surface area contributed by atoms with E-state index >= 15 is 0 Å². The third-order valence-electron chi connectivity index (χ3n) is 3.40. The molecule has 3 rings (SSSR count). The maximum absolute atomic E-state index is 6.22. The van der Waals surface area contributed by atoms with E-state index in [-0.39, 0.29) is 11.3 Å². The van der Waals surface area contributed by atoms with Gasteiger partial charge in [0.2, 0.25) is 5.28 Å². The van der Waals surface area contributed by atoms with Crippen LogP contribution in [0.25, 0.3) is 17.0 Å². The van der Waals surface area contributed by atoms with Crippen LogP contribution in [0, 0.1) is 5.92 Å². The van der Waals surface area contributed by atoms with E-state index < -0.39 is 0 Å². The zero-order valence-electron chi connectivity index (χ0n) is 12.3. The van der Waals surface area contributed by atoms with Gasteiger partial charge < -0.3 is 0 Å². The minimum atomic E-state index is 0.151. The number of benzene rings is 1. The molecule has 0 radical (unpaired) electrons. The Kier molecular flexibility index (Phi) is 5.23. The van der Waals surface area contributed by atoms with Crippen LogP contribution in [0.1, 0.15) is 27.7 Å². The van der Waals surface area contributed by atoms with E-state index in [2.05, 4.69) is 45.8 Å². The minimum Gasteiger partial charge on any atom is -0.280 e. The summed E-state index contributed by atoms with van der Waals surface area (Å²) in [6, 6.07) is 2.13. The quantitative estimate of drug-likeness (QED) is 0.501. The molecule has 6 heteroatoms. The Morgan fingerprint density at radius 3 is 2.48 bits per heavy atom. The van der Waals surface area contributed by atoms with Crippen molar-refractivity contribution in [1.29, 1.82) is 0 Å². The van der Waals surface area contributed by atoms with E-state index in [4.69, 9.17) is 28.2 Å². The Bertz CT molecular complexity index is 805. The fraction of sp³-hybridized carbons (Fsp3) is 0.400. The number of rotatable bonds is 0. The van der Waals surface area contributed by atoms with E-state index in [9.17, 15) is 0 Å². The summed E-state index contributed by atoms with van der Waals surface area (Å²) in [4.78, 5) is 13.0. The van der Waals surface area contributed by atoms with E-state index in [1.165, 1.54) is 0 Å². The molecule has 0 aliphatic carbocycles. The van der Waals surface area contributed by atoms with Gasteiger partial charge >= 0.3 is 0 Å². The van der Waals surface area contributed by atoms with Crippen molar-refractivity contribution in [2.45, 2.75) is 33.7 Å². The summed E-state index contributed by atoms with van der Waals surface area (Å²) >= 11 is 15.6. The van der Waals surface area contributed by atoms with Crippen molar-refractivity contribution in [2.75, 3.05) is 0 Å². The Labute approximate surface area is 142 Å². The lowest BCUT2D eigenvalue weighted by molar-refractivity contribution is 0.586. The molecule has 2 aromatic rings. The predicted molar refractivity (Wildman–Crippen MR) is 92.5 cm³/mol. The second-order valence-electron chi connectivity index (χ2n) is 4.69. The molecule has 0 N–H and O–H groups in total. The molecule has 0 spiro atoms. The smallest absolute Gasteiger partial charge is 0.224 e. The van der Waals surface area contributed by atoms with Crippen molar-refractivity contribution in [3.8, 4) is 0 Å². The summed E-state index contributed by atoms with van der Waals surface area (Å²) < 4.78 is 0.899. The standard InChI is InChI=1S/C13H10BrCl2N3.C2H6/c1-5-3-7-10-9(18-13(16)19-12(10)15)4-8(14)11(7)17-6(5)2;1-2/h3-6H,1-2H3;1-2H3. The molecule has 1 aromatic heterocycles. The minimum absolute atomic E-state index is 0.151. The van der Waals surface area contributed by atoms with E-state index in [1.54, 1.807) is 0 Å². The fourth-order valence-electron chi connectivity index (χ4n) is 2.23. The van der Waals surface area contributed by atoms with Gasteiger partial charge in [0.05, 0.1) is 16.9 Å². The van der Waals surface area contributed by atoms with Crippen LogP contribution in [0.2, 0.25) is 10.4 Å². The van der Waals surface area contributed by atoms with Crippen LogP contribution in [0.5, 0.6) is 0 Å². The number of halogens is 3. The van der Waals surface area contributed by atoms with Crippen LogP contribution >= 0.6 is 39.1 Å². The lowest BCUT2D eigenvalue weighted by Crippen LogP contribution is -2.36. The van der Waals surface area contributed by atoms with Crippen LogP contribution in [-0.2, 0) is 0 Å². The fourth-order valence-corrected chi connectivity index (χ4v) is 3.26. The molecule has 2 heterocycles.